The van der Waals surface area contributed by atoms with Crippen molar-refractivity contribution >= 4 is 16.8 Å². The Morgan fingerprint density at radius 3 is 2.86 bits per heavy atom. The normalized spacial score (nSPS) is 20.5. The minimum absolute atomic E-state index is 0.00810. The summed E-state index contributed by atoms with van der Waals surface area (Å²) in [6, 6.07) is 5.10. The summed E-state index contributed by atoms with van der Waals surface area (Å²) in [7, 11) is 0. The Morgan fingerprint density at radius 1 is 1.41 bits per heavy atom. The number of aliphatic imine (C=N–C) groups is 1. The predicted molar refractivity (Wildman–Crippen MR) is 87.7 cm³/mol. The van der Waals surface area contributed by atoms with Crippen molar-refractivity contribution in [3.8, 4) is 23.8 Å². The van der Waals surface area contributed by atoms with E-state index in [4.69, 9.17) is 21.0 Å². The summed E-state index contributed by atoms with van der Waals surface area (Å²) < 4.78 is 10.6. The lowest BCUT2D eigenvalue weighted by Crippen LogP contribution is -2.18. The minimum atomic E-state index is -0.508. The molecule has 2 N–H and O–H groups in total. The lowest BCUT2D eigenvalue weighted by molar-refractivity contribution is 0.0705. The van der Waals surface area contributed by atoms with Gasteiger partial charge in [-0.15, -0.1) is 18.2 Å². The van der Waals surface area contributed by atoms with Crippen molar-refractivity contribution < 1.29 is 19.7 Å². The fraction of sp³-hybridized carbons (Fsp3) is 0.438. The van der Waals surface area contributed by atoms with E-state index in [0.717, 1.165) is 5.04 Å². The molecule has 1 aliphatic rings. The number of rotatable bonds is 7. The molecule has 1 aromatic carbocycles. The monoisotopic (exact) mass is 321 g/mol. The van der Waals surface area contributed by atoms with E-state index in [2.05, 4.69) is 10.9 Å². The molecule has 0 fully saturated rings. The van der Waals surface area contributed by atoms with Crippen LogP contribution in [0.4, 0.5) is 0 Å². The molecular formula is C16H19NO4S. The van der Waals surface area contributed by atoms with Crippen molar-refractivity contribution in [2.75, 3.05) is 32.2 Å². The van der Waals surface area contributed by atoms with Gasteiger partial charge in [0.2, 0.25) is 0 Å². The standard InChI is InChI=1S/C16H19NO4S/c1-3-16(2)11-22-15(17-16)13-5-4-12(10-14(13)19)21-9-8-20-7-6-18/h1,4-5,10,18-19H,6-9,11H2,2H3/t16-/m1/s1. The molecular weight excluding hydrogens is 302 g/mol. The smallest absolute Gasteiger partial charge is 0.129 e. The van der Waals surface area contributed by atoms with E-state index in [1.807, 2.05) is 6.92 Å². The Morgan fingerprint density at radius 2 is 2.23 bits per heavy atom. The van der Waals surface area contributed by atoms with Gasteiger partial charge in [-0.1, -0.05) is 5.92 Å². The first-order valence-electron chi connectivity index (χ1n) is 6.93. The zero-order valence-corrected chi connectivity index (χ0v) is 13.2. The van der Waals surface area contributed by atoms with Crippen LogP contribution in [0.15, 0.2) is 23.2 Å². The van der Waals surface area contributed by atoms with Crippen LogP contribution < -0.4 is 4.74 Å². The average molecular weight is 321 g/mol. The average Bonchev–Trinajstić information content (AvgIpc) is 2.90. The zero-order chi connectivity index (χ0) is 16.0. The molecule has 0 spiro atoms. The van der Waals surface area contributed by atoms with E-state index in [-0.39, 0.29) is 12.4 Å². The zero-order valence-electron chi connectivity index (χ0n) is 12.4. The Hall–Kier alpha value is -1.68. The van der Waals surface area contributed by atoms with Crippen LogP contribution in [0.3, 0.4) is 0 Å². The quantitative estimate of drug-likeness (QED) is 0.590. The third-order valence-corrected chi connectivity index (χ3v) is 4.37. The Labute approximate surface area is 134 Å². The van der Waals surface area contributed by atoms with Crippen LogP contribution in [0.2, 0.25) is 0 Å². The molecule has 1 aliphatic heterocycles. The summed E-state index contributed by atoms with van der Waals surface area (Å²) in [6.07, 6.45) is 5.48. The van der Waals surface area contributed by atoms with Gasteiger partial charge in [0.25, 0.3) is 0 Å². The van der Waals surface area contributed by atoms with Gasteiger partial charge in [-0.2, -0.15) is 0 Å². The van der Waals surface area contributed by atoms with Crippen LogP contribution in [-0.2, 0) is 4.74 Å². The van der Waals surface area contributed by atoms with Crippen molar-refractivity contribution in [3.63, 3.8) is 0 Å². The number of ether oxygens (including phenoxy) is 2. The fourth-order valence-corrected chi connectivity index (χ4v) is 3.04. The number of aromatic hydroxyl groups is 1. The highest BCUT2D eigenvalue weighted by Crippen LogP contribution is 2.34. The molecule has 0 unspecified atom stereocenters. The summed E-state index contributed by atoms with van der Waals surface area (Å²) in [6.45, 7) is 2.91. The number of thioether (sulfide) groups is 1. The van der Waals surface area contributed by atoms with E-state index >= 15 is 0 Å². The van der Waals surface area contributed by atoms with Gasteiger partial charge in [-0.05, 0) is 19.1 Å². The van der Waals surface area contributed by atoms with Gasteiger partial charge in [-0.25, -0.2) is 0 Å². The topological polar surface area (TPSA) is 71.3 Å². The molecule has 0 aliphatic carbocycles. The maximum atomic E-state index is 10.1. The highest BCUT2D eigenvalue weighted by Gasteiger charge is 2.30. The van der Waals surface area contributed by atoms with Crippen LogP contribution >= 0.6 is 11.8 Å². The minimum Gasteiger partial charge on any atom is -0.507 e. The summed E-state index contributed by atoms with van der Waals surface area (Å²) in [5, 5.41) is 19.5. The molecule has 0 aromatic heterocycles. The molecule has 1 atom stereocenters. The molecule has 22 heavy (non-hydrogen) atoms. The van der Waals surface area contributed by atoms with Gasteiger partial charge in [0.15, 0.2) is 0 Å². The SMILES string of the molecule is C#C[C@]1(C)CSC(c2ccc(OCCOCCO)cc2O)=N1. The summed E-state index contributed by atoms with van der Waals surface area (Å²) in [5.41, 5.74) is 0.152. The van der Waals surface area contributed by atoms with Gasteiger partial charge in [-0.3, -0.25) is 4.99 Å². The van der Waals surface area contributed by atoms with Gasteiger partial charge in [0, 0.05) is 17.4 Å². The van der Waals surface area contributed by atoms with Gasteiger partial charge >= 0.3 is 0 Å². The van der Waals surface area contributed by atoms with Crippen molar-refractivity contribution in [3.05, 3.63) is 23.8 Å². The molecule has 1 aromatic rings. The molecule has 0 bridgehead atoms. The van der Waals surface area contributed by atoms with Crippen molar-refractivity contribution in [2.24, 2.45) is 4.99 Å². The third-order valence-electron chi connectivity index (χ3n) is 3.08. The van der Waals surface area contributed by atoms with E-state index in [9.17, 15) is 5.11 Å². The number of hydrogen-bond donors (Lipinski definition) is 2. The number of terminal acetylenes is 1. The van der Waals surface area contributed by atoms with Crippen LogP contribution in [0.25, 0.3) is 0 Å². The fourth-order valence-electron chi connectivity index (χ4n) is 1.88. The predicted octanol–water partition coefficient (Wildman–Crippen LogP) is 1.67. The molecule has 1 heterocycles. The second-order valence-electron chi connectivity index (χ2n) is 4.99. The highest BCUT2D eigenvalue weighted by molar-refractivity contribution is 8.14. The largest absolute Gasteiger partial charge is 0.507 e. The Bertz CT molecular complexity index is 596. The number of phenols is 1. The maximum Gasteiger partial charge on any atom is 0.129 e. The van der Waals surface area contributed by atoms with Gasteiger partial charge in [0.1, 0.15) is 28.7 Å². The first-order chi connectivity index (χ1) is 10.6. The van der Waals surface area contributed by atoms with Gasteiger partial charge < -0.3 is 19.7 Å². The lowest BCUT2D eigenvalue weighted by atomic mass is 10.1. The van der Waals surface area contributed by atoms with Crippen molar-refractivity contribution in [1.29, 1.82) is 0 Å². The lowest BCUT2D eigenvalue weighted by Gasteiger charge is -2.10. The Balaban J connectivity index is 1.99. The Kier molecular flexibility index (Phi) is 5.72. The molecule has 0 saturated heterocycles. The van der Waals surface area contributed by atoms with Crippen molar-refractivity contribution in [2.45, 2.75) is 12.5 Å². The first kappa shape index (κ1) is 16.7. The number of benzene rings is 1. The third kappa shape index (κ3) is 4.17. The molecule has 2 rings (SSSR count). The molecule has 5 nitrogen and oxygen atoms in total. The summed E-state index contributed by atoms with van der Waals surface area (Å²) in [4.78, 5) is 4.49. The molecule has 6 heteroatoms. The van der Waals surface area contributed by atoms with Crippen LogP contribution in [0.1, 0.15) is 12.5 Å². The molecule has 0 saturated carbocycles. The van der Waals surface area contributed by atoms with Crippen LogP contribution in [0, 0.1) is 12.3 Å². The van der Waals surface area contributed by atoms with E-state index in [1.165, 1.54) is 11.8 Å². The number of phenolic OH excluding ortho intramolecular Hbond substituents is 1. The van der Waals surface area contributed by atoms with Crippen LogP contribution in [-0.4, -0.2) is 53.0 Å². The second-order valence-corrected chi connectivity index (χ2v) is 5.95. The molecule has 118 valence electrons. The number of hydrogen-bond acceptors (Lipinski definition) is 6. The highest BCUT2D eigenvalue weighted by atomic mass is 32.2. The van der Waals surface area contributed by atoms with Crippen LogP contribution in [0.5, 0.6) is 11.5 Å². The molecule has 0 amide bonds. The number of aliphatic hydroxyl groups excluding tert-OH is 1. The van der Waals surface area contributed by atoms with E-state index in [1.54, 1.807) is 18.2 Å². The summed E-state index contributed by atoms with van der Waals surface area (Å²) >= 11 is 1.54. The van der Waals surface area contributed by atoms with E-state index in [0.29, 0.717) is 36.9 Å². The summed E-state index contributed by atoms with van der Waals surface area (Å²) in [5.74, 6) is 4.04. The van der Waals surface area contributed by atoms with E-state index < -0.39 is 5.54 Å². The second kappa shape index (κ2) is 7.54. The van der Waals surface area contributed by atoms with Crippen molar-refractivity contribution in [1.82, 2.24) is 0 Å². The van der Waals surface area contributed by atoms with Gasteiger partial charge in [0.05, 0.1) is 19.8 Å². The number of nitrogens with zero attached hydrogens (tertiary/aromatic N) is 1. The maximum absolute atomic E-state index is 10.1. The first-order valence-corrected chi connectivity index (χ1v) is 7.92. The number of aliphatic hydroxyl groups is 1. The molecule has 0 radical (unpaired) electrons.